The summed E-state index contributed by atoms with van der Waals surface area (Å²) in [7, 11) is 0. The second-order valence-corrected chi connectivity index (χ2v) is 3.10. The third kappa shape index (κ3) is 3.87. The van der Waals surface area contributed by atoms with Gasteiger partial charge in [-0.1, -0.05) is 0 Å². The van der Waals surface area contributed by atoms with Gasteiger partial charge in [0.2, 0.25) is 5.91 Å². The minimum atomic E-state index is -1.18. The number of nitrogens with zero attached hydrogens (tertiary/aromatic N) is 2. The minimum Gasteiger partial charge on any atom is -0.478 e. The Kier molecular flexibility index (Phi) is 3.71. The second kappa shape index (κ2) is 5.01. The molecule has 0 atom stereocenters. The van der Waals surface area contributed by atoms with Gasteiger partial charge in [0.25, 0.3) is 0 Å². The number of hydrogen-bond acceptors (Lipinski definition) is 4. The zero-order chi connectivity index (χ0) is 12.1. The van der Waals surface area contributed by atoms with Crippen molar-refractivity contribution < 1.29 is 14.7 Å². The Hall–Kier alpha value is -2.24. The van der Waals surface area contributed by atoms with Gasteiger partial charge in [0.1, 0.15) is 11.6 Å². The van der Waals surface area contributed by atoms with E-state index in [-0.39, 0.29) is 0 Å². The number of amides is 1. The van der Waals surface area contributed by atoms with Crippen LogP contribution in [-0.2, 0) is 9.59 Å². The molecule has 0 aliphatic rings. The molecule has 0 fully saturated rings. The van der Waals surface area contributed by atoms with Crippen LogP contribution in [0.15, 0.2) is 18.2 Å². The molecule has 6 nitrogen and oxygen atoms in total. The molecule has 1 heterocycles. The maximum absolute atomic E-state index is 11.2. The van der Waals surface area contributed by atoms with E-state index >= 15 is 0 Å². The highest BCUT2D eigenvalue weighted by molar-refractivity contribution is 6.01. The van der Waals surface area contributed by atoms with Gasteiger partial charge in [0.15, 0.2) is 0 Å². The van der Waals surface area contributed by atoms with Gasteiger partial charge in [-0.15, -0.1) is 0 Å². The van der Waals surface area contributed by atoms with Crippen molar-refractivity contribution in [1.82, 2.24) is 9.97 Å². The Bertz CT molecular complexity index is 434. The van der Waals surface area contributed by atoms with Crippen LogP contribution in [0.2, 0.25) is 0 Å². The second-order valence-electron chi connectivity index (χ2n) is 3.10. The SMILES string of the molecule is Cc1cc(NC(=O)C=CC(=O)O)nc(C)n1. The number of aryl methyl sites for hydroxylation is 2. The lowest BCUT2D eigenvalue weighted by Gasteiger charge is -2.02. The molecular formula is C10H11N3O3. The standard InChI is InChI=1S/C10H11N3O3/c1-6-5-8(12-7(2)11-6)13-9(14)3-4-10(15)16/h3-5H,1-2H3,(H,15,16)(H,11,12,13,14). The van der Waals surface area contributed by atoms with Crippen molar-refractivity contribution in [1.29, 1.82) is 0 Å². The smallest absolute Gasteiger partial charge is 0.328 e. The van der Waals surface area contributed by atoms with Gasteiger partial charge < -0.3 is 10.4 Å². The van der Waals surface area contributed by atoms with E-state index in [4.69, 9.17) is 5.11 Å². The molecule has 0 spiro atoms. The van der Waals surface area contributed by atoms with E-state index in [1.807, 2.05) is 0 Å². The number of aromatic nitrogens is 2. The first-order valence-corrected chi connectivity index (χ1v) is 4.51. The zero-order valence-corrected chi connectivity index (χ0v) is 8.89. The maximum atomic E-state index is 11.2. The van der Waals surface area contributed by atoms with Crippen molar-refractivity contribution in [2.75, 3.05) is 5.32 Å². The van der Waals surface area contributed by atoms with Crippen LogP contribution in [-0.4, -0.2) is 27.0 Å². The Balaban J connectivity index is 2.73. The van der Waals surface area contributed by atoms with Crippen molar-refractivity contribution in [2.45, 2.75) is 13.8 Å². The monoisotopic (exact) mass is 221 g/mol. The Labute approximate surface area is 92.0 Å². The Morgan fingerprint density at radius 3 is 2.56 bits per heavy atom. The highest BCUT2D eigenvalue weighted by Crippen LogP contribution is 2.05. The summed E-state index contributed by atoms with van der Waals surface area (Å²) in [5.74, 6) is -0.826. The van der Waals surface area contributed by atoms with Gasteiger partial charge in [-0.3, -0.25) is 4.79 Å². The van der Waals surface area contributed by atoms with E-state index in [1.165, 1.54) is 0 Å². The van der Waals surface area contributed by atoms with E-state index in [1.54, 1.807) is 19.9 Å². The van der Waals surface area contributed by atoms with Crippen LogP contribution < -0.4 is 5.32 Å². The number of carboxylic acid groups (broad SMARTS) is 1. The third-order valence-electron chi connectivity index (χ3n) is 1.59. The molecule has 1 aromatic rings. The van der Waals surface area contributed by atoms with Gasteiger partial charge in [0.05, 0.1) is 0 Å². The summed E-state index contributed by atoms with van der Waals surface area (Å²) in [5, 5.41) is 10.8. The normalized spacial score (nSPS) is 10.4. The van der Waals surface area contributed by atoms with Crippen LogP contribution >= 0.6 is 0 Å². The van der Waals surface area contributed by atoms with Crippen LogP contribution in [0.3, 0.4) is 0 Å². The highest BCUT2D eigenvalue weighted by atomic mass is 16.4. The minimum absolute atomic E-state index is 0.352. The molecule has 0 aliphatic carbocycles. The lowest BCUT2D eigenvalue weighted by Crippen LogP contribution is -2.11. The number of carboxylic acids is 1. The summed E-state index contributed by atoms with van der Waals surface area (Å²) in [5.41, 5.74) is 0.727. The predicted molar refractivity (Wildman–Crippen MR) is 56.9 cm³/mol. The van der Waals surface area contributed by atoms with Crippen molar-refractivity contribution in [2.24, 2.45) is 0 Å². The molecule has 6 heteroatoms. The average Bonchev–Trinajstić information content (AvgIpc) is 2.12. The molecule has 1 rings (SSSR count). The van der Waals surface area contributed by atoms with Crippen LogP contribution in [0.25, 0.3) is 0 Å². The maximum Gasteiger partial charge on any atom is 0.328 e. The molecule has 16 heavy (non-hydrogen) atoms. The summed E-state index contributed by atoms with van der Waals surface area (Å²) in [6.45, 7) is 3.48. The van der Waals surface area contributed by atoms with Crippen LogP contribution in [0, 0.1) is 13.8 Å². The van der Waals surface area contributed by atoms with Crippen molar-refractivity contribution in [3.8, 4) is 0 Å². The first-order valence-electron chi connectivity index (χ1n) is 4.51. The van der Waals surface area contributed by atoms with Crippen LogP contribution in [0.1, 0.15) is 11.5 Å². The fourth-order valence-electron chi connectivity index (χ4n) is 1.10. The predicted octanol–water partition coefficient (Wildman–Crippen LogP) is 0.673. The summed E-state index contributed by atoms with van der Waals surface area (Å²) < 4.78 is 0. The molecule has 0 saturated heterocycles. The first-order chi connectivity index (χ1) is 7.47. The third-order valence-corrected chi connectivity index (χ3v) is 1.59. The number of carbonyl (C=O) groups is 2. The number of nitrogens with one attached hydrogen (secondary N) is 1. The molecular weight excluding hydrogens is 210 g/mol. The molecule has 0 radical (unpaired) electrons. The van der Waals surface area contributed by atoms with Crippen LogP contribution in [0.5, 0.6) is 0 Å². The van der Waals surface area contributed by atoms with E-state index in [2.05, 4.69) is 15.3 Å². The first kappa shape index (κ1) is 11.8. The number of hydrogen-bond donors (Lipinski definition) is 2. The molecule has 84 valence electrons. The number of rotatable bonds is 3. The van der Waals surface area contributed by atoms with Gasteiger partial charge in [-0.05, 0) is 13.8 Å². The average molecular weight is 221 g/mol. The lowest BCUT2D eigenvalue weighted by molar-refractivity contribution is -0.131. The zero-order valence-electron chi connectivity index (χ0n) is 8.89. The van der Waals surface area contributed by atoms with Gasteiger partial charge in [-0.2, -0.15) is 0 Å². The Morgan fingerprint density at radius 1 is 1.31 bits per heavy atom. The quantitative estimate of drug-likeness (QED) is 0.732. The molecule has 2 N–H and O–H groups in total. The summed E-state index contributed by atoms with van der Waals surface area (Å²) >= 11 is 0. The largest absolute Gasteiger partial charge is 0.478 e. The fraction of sp³-hybridized carbons (Fsp3) is 0.200. The van der Waals surface area contributed by atoms with E-state index in [9.17, 15) is 9.59 Å². The van der Waals surface area contributed by atoms with Crippen LogP contribution in [0.4, 0.5) is 5.82 Å². The number of anilines is 1. The van der Waals surface area contributed by atoms with E-state index in [0.29, 0.717) is 11.6 Å². The fourth-order valence-corrected chi connectivity index (χ4v) is 1.10. The molecule has 0 bridgehead atoms. The summed E-state index contributed by atoms with van der Waals surface area (Å²) in [4.78, 5) is 29.4. The van der Waals surface area contributed by atoms with Gasteiger partial charge in [-0.25, -0.2) is 14.8 Å². The van der Waals surface area contributed by atoms with Crippen molar-refractivity contribution in [3.63, 3.8) is 0 Å². The van der Waals surface area contributed by atoms with Crippen molar-refractivity contribution in [3.05, 3.63) is 29.7 Å². The number of aliphatic carboxylic acids is 1. The van der Waals surface area contributed by atoms with Crippen molar-refractivity contribution >= 4 is 17.7 Å². The lowest BCUT2D eigenvalue weighted by atomic mass is 10.4. The number of carbonyl (C=O) groups excluding carboxylic acids is 1. The molecule has 0 aliphatic heterocycles. The highest BCUT2D eigenvalue weighted by Gasteiger charge is 2.02. The molecule has 1 amide bonds. The topological polar surface area (TPSA) is 92.2 Å². The molecule has 0 unspecified atom stereocenters. The summed E-state index contributed by atoms with van der Waals surface area (Å²) in [6, 6.07) is 1.60. The van der Waals surface area contributed by atoms with E-state index in [0.717, 1.165) is 17.8 Å². The Morgan fingerprint density at radius 2 is 2.00 bits per heavy atom. The van der Waals surface area contributed by atoms with E-state index < -0.39 is 11.9 Å². The summed E-state index contributed by atoms with van der Waals surface area (Å²) in [6.07, 6.45) is 1.69. The van der Waals surface area contributed by atoms with Gasteiger partial charge in [0, 0.05) is 23.9 Å². The van der Waals surface area contributed by atoms with Gasteiger partial charge >= 0.3 is 5.97 Å². The molecule has 0 aromatic carbocycles. The molecule has 0 saturated carbocycles. The molecule has 1 aromatic heterocycles.